The van der Waals surface area contributed by atoms with Gasteiger partial charge in [0, 0.05) is 35.3 Å². The number of nitrogens with zero attached hydrogens (tertiary/aromatic N) is 1. The normalized spacial score (nSPS) is 23.3. The van der Waals surface area contributed by atoms with E-state index >= 15 is 0 Å². The van der Waals surface area contributed by atoms with E-state index in [-0.39, 0.29) is 30.4 Å². The lowest BCUT2D eigenvalue weighted by Crippen LogP contribution is -2.54. The van der Waals surface area contributed by atoms with Crippen LogP contribution in [-0.4, -0.2) is 40.5 Å². The minimum atomic E-state index is -1.01. The molecule has 1 spiro atoms. The van der Waals surface area contributed by atoms with Gasteiger partial charge in [-0.25, -0.2) is 0 Å². The number of rotatable bonds is 9. The Morgan fingerprint density at radius 1 is 1.12 bits per heavy atom. The van der Waals surface area contributed by atoms with Crippen molar-refractivity contribution in [3.63, 3.8) is 0 Å². The van der Waals surface area contributed by atoms with Gasteiger partial charge in [-0.3, -0.25) is 34.2 Å². The third kappa shape index (κ3) is 5.51. The smallest absolute Gasteiger partial charge is 0.278 e. The van der Waals surface area contributed by atoms with Gasteiger partial charge in [0.2, 0.25) is 17.7 Å². The summed E-state index contributed by atoms with van der Waals surface area (Å²) >= 11 is 6.21. The predicted octanol–water partition coefficient (Wildman–Crippen LogP) is 4.42. The summed E-state index contributed by atoms with van der Waals surface area (Å²) in [6.45, 7) is 1.91. The van der Waals surface area contributed by atoms with Gasteiger partial charge in [0.1, 0.15) is 11.7 Å². The minimum Gasteiger partial charge on any atom is -0.351 e. The maximum absolute atomic E-state index is 13.1. The highest BCUT2D eigenvalue weighted by molar-refractivity contribution is 6.31. The number of benzene rings is 2. The average molecular weight is 575 g/mol. The first-order valence-electron chi connectivity index (χ1n) is 14.0. The molecule has 5 amide bonds. The summed E-state index contributed by atoms with van der Waals surface area (Å²) in [4.78, 5) is 63.3. The Morgan fingerprint density at radius 3 is 2.63 bits per heavy atom. The highest BCUT2D eigenvalue weighted by Crippen LogP contribution is 2.74. The van der Waals surface area contributed by atoms with Crippen LogP contribution in [0.15, 0.2) is 54.2 Å². The molecule has 3 fully saturated rings. The fourth-order valence-electron chi connectivity index (χ4n) is 6.26. The molecule has 0 aromatic heterocycles. The SMILES string of the molecule is Cc1ccc(NC(=O)CC[C@H](c2cccc(NC3=CC(=O)N(C4CCC(=O)NC4=O)C3=O)c2)C2CC23CC3)cc1Cl. The van der Waals surface area contributed by atoms with Crippen LogP contribution >= 0.6 is 11.6 Å². The van der Waals surface area contributed by atoms with E-state index in [1.165, 1.54) is 18.9 Å². The molecule has 1 saturated heterocycles. The molecule has 2 aromatic rings. The van der Waals surface area contributed by atoms with Gasteiger partial charge in [0.25, 0.3) is 11.8 Å². The zero-order chi connectivity index (χ0) is 28.9. The number of carbonyl (C=O) groups excluding carboxylic acids is 5. The van der Waals surface area contributed by atoms with E-state index in [0.29, 0.717) is 40.6 Å². The molecule has 0 bridgehead atoms. The van der Waals surface area contributed by atoms with Crippen LogP contribution in [0.25, 0.3) is 0 Å². The molecule has 3 N–H and O–H groups in total. The summed E-state index contributed by atoms with van der Waals surface area (Å²) in [7, 11) is 0. The monoisotopic (exact) mass is 574 g/mol. The molecule has 2 aromatic carbocycles. The van der Waals surface area contributed by atoms with Crippen molar-refractivity contribution in [2.45, 2.75) is 63.8 Å². The number of anilines is 2. The molecule has 41 heavy (non-hydrogen) atoms. The Hall–Kier alpha value is -3.98. The van der Waals surface area contributed by atoms with Crippen LogP contribution in [0.5, 0.6) is 0 Å². The highest BCUT2D eigenvalue weighted by atomic mass is 35.5. The zero-order valence-electron chi connectivity index (χ0n) is 22.7. The van der Waals surface area contributed by atoms with E-state index in [9.17, 15) is 24.0 Å². The summed E-state index contributed by atoms with van der Waals surface area (Å²) < 4.78 is 0. The molecule has 0 radical (unpaired) electrons. The van der Waals surface area contributed by atoms with Crippen molar-refractivity contribution < 1.29 is 24.0 Å². The van der Waals surface area contributed by atoms with Gasteiger partial charge in [-0.1, -0.05) is 29.8 Å². The van der Waals surface area contributed by atoms with E-state index in [0.717, 1.165) is 22.4 Å². The maximum Gasteiger partial charge on any atom is 0.278 e. The van der Waals surface area contributed by atoms with Crippen molar-refractivity contribution in [3.05, 3.63) is 70.4 Å². The maximum atomic E-state index is 13.1. The van der Waals surface area contributed by atoms with Crippen LogP contribution in [0.3, 0.4) is 0 Å². The van der Waals surface area contributed by atoms with Gasteiger partial charge < -0.3 is 10.6 Å². The van der Waals surface area contributed by atoms with Gasteiger partial charge in [-0.15, -0.1) is 0 Å². The van der Waals surface area contributed by atoms with Crippen molar-refractivity contribution in [1.29, 1.82) is 0 Å². The molecule has 212 valence electrons. The summed E-state index contributed by atoms with van der Waals surface area (Å²) in [5.41, 5.74) is 3.84. The molecule has 3 atom stereocenters. The van der Waals surface area contributed by atoms with Crippen LogP contribution in [0, 0.1) is 18.3 Å². The number of hydrogen-bond donors (Lipinski definition) is 3. The van der Waals surface area contributed by atoms with Gasteiger partial charge in [0.05, 0.1) is 0 Å². The lowest BCUT2D eigenvalue weighted by atomic mass is 9.87. The number of nitrogens with one attached hydrogen (secondary N) is 3. The Bertz CT molecular complexity index is 1510. The van der Waals surface area contributed by atoms with Crippen LogP contribution in [0.4, 0.5) is 11.4 Å². The summed E-state index contributed by atoms with van der Waals surface area (Å²) in [5.74, 6) is -1.62. The largest absolute Gasteiger partial charge is 0.351 e. The molecule has 4 aliphatic rings. The molecule has 6 rings (SSSR count). The van der Waals surface area contributed by atoms with Crippen LogP contribution in [0.2, 0.25) is 5.02 Å². The molecule has 10 heteroatoms. The summed E-state index contributed by atoms with van der Waals surface area (Å²) in [5, 5.41) is 8.83. The number of halogens is 1. The van der Waals surface area contributed by atoms with E-state index in [1.54, 1.807) is 6.07 Å². The second kappa shape index (κ2) is 10.4. The first kappa shape index (κ1) is 27.2. The molecule has 2 saturated carbocycles. The fourth-order valence-corrected chi connectivity index (χ4v) is 6.45. The Kier molecular flexibility index (Phi) is 6.93. The molecule has 2 aliphatic heterocycles. The molecule has 2 unspecified atom stereocenters. The topological polar surface area (TPSA) is 125 Å². The Balaban J connectivity index is 1.13. The number of aryl methyl sites for hydroxylation is 1. The van der Waals surface area contributed by atoms with Crippen LogP contribution in [-0.2, 0) is 24.0 Å². The average Bonchev–Trinajstić information content (AvgIpc) is 3.84. The quantitative estimate of drug-likeness (QED) is 0.381. The van der Waals surface area contributed by atoms with Crippen LogP contribution < -0.4 is 16.0 Å². The Labute approximate surface area is 242 Å². The van der Waals surface area contributed by atoms with Crippen LogP contribution in [0.1, 0.15) is 62.0 Å². The number of imide groups is 2. The van der Waals surface area contributed by atoms with Crippen molar-refractivity contribution >= 4 is 52.5 Å². The van der Waals surface area contributed by atoms with Gasteiger partial charge >= 0.3 is 0 Å². The van der Waals surface area contributed by atoms with Gasteiger partial charge in [-0.05, 0) is 91.7 Å². The van der Waals surface area contributed by atoms with Gasteiger partial charge in [0.15, 0.2) is 0 Å². The summed E-state index contributed by atoms with van der Waals surface area (Å²) in [6, 6.07) is 12.2. The molecular weight excluding hydrogens is 544 g/mol. The lowest BCUT2D eigenvalue weighted by molar-refractivity contribution is -0.149. The molecular formula is C31H31ClN4O5. The van der Waals surface area contributed by atoms with Gasteiger partial charge in [-0.2, -0.15) is 0 Å². The second-order valence-electron chi connectivity index (χ2n) is 11.6. The lowest BCUT2D eigenvalue weighted by Gasteiger charge is -2.28. The fraction of sp³-hybridized carbons (Fsp3) is 0.387. The first-order chi connectivity index (χ1) is 19.6. The third-order valence-corrected chi connectivity index (χ3v) is 9.25. The number of hydrogen-bond acceptors (Lipinski definition) is 6. The van der Waals surface area contributed by atoms with Crippen molar-refractivity contribution in [1.82, 2.24) is 10.2 Å². The number of amides is 5. The van der Waals surface area contributed by atoms with Crippen molar-refractivity contribution in [3.8, 4) is 0 Å². The standard InChI is InChI=1S/C31H31ClN4O5/c1-17-5-6-20(14-23(17)32)34-26(37)9-7-21(22-16-31(22)11-12-31)18-3-2-4-19(13-18)33-24-15-28(39)36(30(24)41)25-8-10-27(38)35-29(25)40/h2-6,13-15,21-22,25,33H,7-12,16H2,1H3,(H,34,37)(H,35,38,40)/t21-,22?,25?/m1/s1. The zero-order valence-corrected chi connectivity index (χ0v) is 23.4. The van der Waals surface area contributed by atoms with E-state index in [1.807, 2.05) is 43.3 Å². The van der Waals surface area contributed by atoms with Crippen molar-refractivity contribution in [2.24, 2.45) is 11.3 Å². The molecule has 2 heterocycles. The van der Waals surface area contributed by atoms with E-state index in [4.69, 9.17) is 11.6 Å². The molecule has 9 nitrogen and oxygen atoms in total. The predicted molar refractivity (Wildman–Crippen MR) is 153 cm³/mol. The van der Waals surface area contributed by atoms with Crippen molar-refractivity contribution in [2.75, 3.05) is 10.6 Å². The summed E-state index contributed by atoms with van der Waals surface area (Å²) in [6.07, 6.45) is 6.01. The minimum absolute atomic E-state index is 0.0662. The second-order valence-corrected chi connectivity index (χ2v) is 12.0. The highest BCUT2D eigenvalue weighted by Gasteiger charge is 2.64. The Morgan fingerprint density at radius 2 is 1.93 bits per heavy atom. The number of piperidine rings is 1. The van der Waals surface area contributed by atoms with E-state index in [2.05, 4.69) is 16.0 Å². The third-order valence-electron chi connectivity index (χ3n) is 8.84. The molecule has 2 aliphatic carbocycles. The first-order valence-corrected chi connectivity index (χ1v) is 14.4. The number of carbonyl (C=O) groups is 5. The van der Waals surface area contributed by atoms with E-state index < -0.39 is 29.7 Å².